The Morgan fingerprint density at radius 1 is 1.27 bits per heavy atom. The third-order valence-corrected chi connectivity index (χ3v) is 2.16. The Bertz CT molecular complexity index is 436. The lowest BCUT2D eigenvalue weighted by molar-refractivity contribution is 0.296. The number of aromatic nitrogens is 2. The summed E-state index contributed by atoms with van der Waals surface area (Å²) in [5, 5.41) is 8.84. The minimum Gasteiger partial charge on any atom is -0.396 e. The summed E-state index contributed by atoms with van der Waals surface area (Å²) in [6.07, 6.45) is 3.94. The van der Waals surface area contributed by atoms with Crippen molar-refractivity contribution >= 4 is 0 Å². The third-order valence-electron chi connectivity index (χ3n) is 2.16. The second-order valence-electron chi connectivity index (χ2n) is 3.16. The smallest absolute Gasteiger partial charge is 0.123 e. The molecule has 1 heterocycles. The maximum absolute atomic E-state index is 12.7. The molecule has 0 bridgehead atoms. The van der Waals surface area contributed by atoms with Gasteiger partial charge in [-0.3, -0.25) is 0 Å². The molecule has 0 aliphatic heterocycles. The van der Waals surface area contributed by atoms with E-state index in [0.29, 0.717) is 6.42 Å². The second-order valence-corrected chi connectivity index (χ2v) is 3.16. The first-order chi connectivity index (χ1) is 7.31. The molecule has 4 heteroatoms. The molecule has 1 aromatic carbocycles. The number of aliphatic hydroxyl groups is 1. The number of imidazole rings is 1. The molecule has 0 aliphatic rings. The number of aliphatic hydroxyl groups excluding tert-OH is 1. The minimum absolute atomic E-state index is 0.0538. The van der Waals surface area contributed by atoms with Crippen molar-refractivity contribution in [1.82, 2.24) is 9.55 Å². The highest BCUT2D eigenvalue weighted by atomic mass is 19.1. The summed E-state index contributed by atoms with van der Waals surface area (Å²) in [4.78, 5) is 4.11. The minimum atomic E-state index is -0.262. The summed E-state index contributed by atoms with van der Waals surface area (Å²) in [5.41, 5.74) is 0.845. The lowest BCUT2D eigenvalue weighted by atomic mass is 10.3. The van der Waals surface area contributed by atoms with Gasteiger partial charge < -0.3 is 9.67 Å². The standard InChI is InChI=1S/C11H11FN2O/c12-9-1-3-10(4-2-9)14-7-6-13-11(14)5-8-15/h1-4,6-7,15H,5,8H2. The Morgan fingerprint density at radius 3 is 2.67 bits per heavy atom. The van der Waals surface area contributed by atoms with Crippen LogP contribution in [-0.4, -0.2) is 21.3 Å². The van der Waals surface area contributed by atoms with Crippen molar-refractivity contribution in [2.75, 3.05) is 6.61 Å². The van der Waals surface area contributed by atoms with Crippen LogP contribution >= 0.6 is 0 Å². The second kappa shape index (κ2) is 4.23. The highest BCUT2D eigenvalue weighted by molar-refractivity contribution is 5.33. The van der Waals surface area contributed by atoms with Gasteiger partial charge in [0.2, 0.25) is 0 Å². The Morgan fingerprint density at radius 2 is 2.00 bits per heavy atom. The van der Waals surface area contributed by atoms with Gasteiger partial charge in [0.1, 0.15) is 11.6 Å². The monoisotopic (exact) mass is 206 g/mol. The third kappa shape index (κ3) is 2.05. The zero-order valence-corrected chi connectivity index (χ0v) is 8.10. The van der Waals surface area contributed by atoms with Crippen molar-refractivity contribution in [3.05, 3.63) is 48.3 Å². The normalized spacial score (nSPS) is 10.5. The van der Waals surface area contributed by atoms with Crippen LogP contribution in [0.4, 0.5) is 4.39 Å². The van der Waals surface area contributed by atoms with Gasteiger partial charge in [-0.1, -0.05) is 0 Å². The molecule has 2 aromatic rings. The van der Waals surface area contributed by atoms with Crippen molar-refractivity contribution in [1.29, 1.82) is 0 Å². The molecule has 0 spiro atoms. The quantitative estimate of drug-likeness (QED) is 0.827. The molecular formula is C11H11FN2O. The number of hydrogen-bond donors (Lipinski definition) is 1. The fourth-order valence-electron chi connectivity index (χ4n) is 1.46. The van der Waals surface area contributed by atoms with Crippen LogP contribution in [0.3, 0.4) is 0 Å². The predicted molar refractivity (Wildman–Crippen MR) is 54.3 cm³/mol. The van der Waals surface area contributed by atoms with E-state index in [1.165, 1.54) is 12.1 Å². The summed E-state index contributed by atoms with van der Waals surface area (Å²) in [5.74, 6) is 0.506. The van der Waals surface area contributed by atoms with Crippen LogP contribution in [0.1, 0.15) is 5.82 Å². The average Bonchev–Trinajstić information content (AvgIpc) is 2.68. The van der Waals surface area contributed by atoms with Crippen LogP contribution in [0.15, 0.2) is 36.7 Å². The van der Waals surface area contributed by atoms with Gasteiger partial charge in [0, 0.05) is 24.5 Å². The first-order valence-electron chi connectivity index (χ1n) is 4.70. The number of rotatable bonds is 3. The van der Waals surface area contributed by atoms with Gasteiger partial charge in [0.15, 0.2) is 0 Å². The molecule has 0 unspecified atom stereocenters. The van der Waals surface area contributed by atoms with Crippen molar-refractivity contribution < 1.29 is 9.50 Å². The van der Waals surface area contributed by atoms with Gasteiger partial charge in [-0.25, -0.2) is 9.37 Å². The first-order valence-corrected chi connectivity index (χ1v) is 4.70. The molecule has 0 saturated carbocycles. The van der Waals surface area contributed by atoms with Gasteiger partial charge in [0.05, 0.1) is 6.61 Å². The van der Waals surface area contributed by atoms with Crippen LogP contribution in [0.25, 0.3) is 5.69 Å². The summed E-state index contributed by atoms with van der Waals surface area (Å²) in [7, 11) is 0. The van der Waals surface area contributed by atoms with E-state index in [-0.39, 0.29) is 12.4 Å². The molecule has 1 N–H and O–H groups in total. The first kappa shape index (κ1) is 9.86. The molecule has 3 nitrogen and oxygen atoms in total. The summed E-state index contributed by atoms with van der Waals surface area (Å²) in [6, 6.07) is 6.16. The summed E-state index contributed by atoms with van der Waals surface area (Å²) in [6.45, 7) is 0.0538. The maximum Gasteiger partial charge on any atom is 0.123 e. The van der Waals surface area contributed by atoms with E-state index in [2.05, 4.69) is 4.98 Å². The van der Waals surface area contributed by atoms with Crippen molar-refractivity contribution in [2.24, 2.45) is 0 Å². The largest absolute Gasteiger partial charge is 0.396 e. The lowest BCUT2D eigenvalue weighted by Crippen LogP contribution is -2.02. The Hall–Kier alpha value is -1.68. The average molecular weight is 206 g/mol. The Kier molecular flexibility index (Phi) is 2.78. The fourth-order valence-corrected chi connectivity index (χ4v) is 1.46. The fraction of sp³-hybridized carbons (Fsp3) is 0.182. The van der Waals surface area contributed by atoms with E-state index < -0.39 is 0 Å². The zero-order chi connectivity index (χ0) is 10.7. The molecule has 15 heavy (non-hydrogen) atoms. The summed E-state index contributed by atoms with van der Waals surface area (Å²) >= 11 is 0. The molecule has 0 fully saturated rings. The van der Waals surface area contributed by atoms with Crippen molar-refractivity contribution in [2.45, 2.75) is 6.42 Å². The zero-order valence-electron chi connectivity index (χ0n) is 8.10. The highest BCUT2D eigenvalue weighted by Crippen LogP contribution is 2.11. The predicted octanol–water partition coefficient (Wildman–Crippen LogP) is 1.55. The van der Waals surface area contributed by atoms with E-state index in [9.17, 15) is 4.39 Å². The number of benzene rings is 1. The lowest BCUT2D eigenvalue weighted by Gasteiger charge is -2.06. The SMILES string of the molecule is OCCc1nccn1-c1ccc(F)cc1. The van der Waals surface area contributed by atoms with E-state index in [4.69, 9.17) is 5.11 Å². The maximum atomic E-state index is 12.7. The number of halogens is 1. The van der Waals surface area contributed by atoms with Crippen LogP contribution in [0.5, 0.6) is 0 Å². The molecule has 0 aliphatic carbocycles. The van der Waals surface area contributed by atoms with E-state index in [1.54, 1.807) is 24.5 Å². The molecule has 0 radical (unpaired) electrons. The molecule has 0 saturated heterocycles. The van der Waals surface area contributed by atoms with Gasteiger partial charge in [-0.15, -0.1) is 0 Å². The van der Waals surface area contributed by atoms with Crippen molar-refractivity contribution in [3.8, 4) is 5.69 Å². The molecule has 1 aromatic heterocycles. The number of nitrogens with zero attached hydrogens (tertiary/aromatic N) is 2. The van der Waals surface area contributed by atoms with E-state index in [1.807, 2.05) is 4.57 Å². The molecule has 0 amide bonds. The van der Waals surface area contributed by atoms with Crippen LogP contribution in [0, 0.1) is 5.82 Å². The summed E-state index contributed by atoms with van der Waals surface area (Å²) < 4.78 is 14.5. The van der Waals surface area contributed by atoms with Gasteiger partial charge in [0.25, 0.3) is 0 Å². The molecule has 78 valence electrons. The molecular weight excluding hydrogens is 195 g/mol. The topological polar surface area (TPSA) is 38.1 Å². The molecule has 0 atom stereocenters. The number of hydrogen-bond acceptors (Lipinski definition) is 2. The van der Waals surface area contributed by atoms with Gasteiger partial charge in [-0.2, -0.15) is 0 Å². The van der Waals surface area contributed by atoms with Crippen LogP contribution in [-0.2, 0) is 6.42 Å². The van der Waals surface area contributed by atoms with E-state index >= 15 is 0 Å². The van der Waals surface area contributed by atoms with Gasteiger partial charge >= 0.3 is 0 Å². The Labute approximate surface area is 86.8 Å². The van der Waals surface area contributed by atoms with Crippen LogP contribution in [0.2, 0.25) is 0 Å². The Balaban J connectivity index is 2.36. The van der Waals surface area contributed by atoms with Crippen molar-refractivity contribution in [3.63, 3.8) is 0 Å². The van der Waals surface area contributed by atoms with E-state index in [0.717, 1.165) is 11.5 Å². The van der Waals surface area contributed by atoms with Gasteiger partial charge in [-0.05, 0) is 24.3 Å². The molecule has 2 rings (SSSR count). The highest BCUT2D eigenvalue weighted by Gasteiger charge is 2.03. The van der Waals surface area contributed by atoms with Crippen LogP contribution < -0.4 is 0 Å².